The van der Waals surface area contributed by atoms with Crippen molar-refractivity contribution in [3.05, 3.63) is 48.0 Å². The lowest BCUT2D eigenvalue weighted by atomic mass is 10.2. The van der Waals surface area contributed by atoms with Gasteiger partial charge in [0, 0.05) is 6.42 Å². The molecule has 0 fully saturated rings. The largest absolute Gasteiger partial charge is 0.495 e. The zero-order valence-corrected chi connectivity index (χ0v) is 14.3. The lowest BCUT2D eigenvalue weighted by Gasteiger charge is -2.12. The van der Waals surface area contributed by atoms with E-state index in [1.54, 1.807) is 14.2 Å². The van der Waals surface area contributed by atoms with Gasteiger partial charge in [0.25, 0.3) is 0 Å². The first-order chi connectivity index (χ1) is 11.6. The molecule has 2 aromatic carbocycles. The van der Waals surface area contributed by atoms with Crippen molar-refractivity contribution in [2.24, 2.45) is 0 Å². The van der Waals surface area contributed by atoms with Crippen molar-refractivity contribution in [1.29, 1.82) is 0 Å². The number of para-hydroxylation sites is 2. The molecule has 0 radical (unpaired) electrons. The molecule has 0 spiro atoms. The maximum Gasteiger partial charge on any atom is 0.224 e. The number of carbonyl (C=O) groups is 1. The molecule has 0 aliphatic rings. The van der Waals surface area contributed by atoms with Crippen LogP contribution < -0.4 is 19.5 Å². The molecular weight excluding hydrogens is 306 g/mol. The molecule has 0 saturated carbocycles. The molecule has 0 aliphatic heterocycles. The van der Waals surface area contributed by atoms with E-state index in [2.05, 4.69) is 5.32 Å². The van der Waals surface area contributed by atoms with E-state index in [0.717, 1.165) is 5.56 Å². The van der Waals surface area contributed by atoms with Crippen LogP contribution in [0.4, 0.5) is 5.69 Å². The van der Waals surface area contributed by atoms with E-state index < -0.39 is 0 Å². The monoisotopic (exact) mass is 329 g/mol. The summed E-state index contributed by atoms with van der Waals surface area (Å²) in [5.74, 6) is 1.95. The second-order valence-corrected chi connectivity index (χ2v) is 5.35. The Morgan fingerprint density at radius 2 is 1.71 bits per heavy atom. The van der Waals surface area contributed by atoms with Crippen molar-refractivity contribution in [2.45, 2.75) is 19.8 Å². The van der Waals surface area contributed by atoms with Gasteiger partial charge >= 0.3 is 0 Å². The van der Waals surface area contributed by atoms with Crippen LogP contribution in [0.25, 0.3) is 0 Å². The number of methoxy groups -OCH3 is 2. The zero-order chi connectivity index (χ0) is 17.4. The molecule has 1 amide bonds. The molecule has 0 aromatic heterocycles. The lowest BCUT2D eigenvalue weighted by molar-refractivity contribution is -0.116. The van der Waals surface area contributed by atoms with E-state index in [4.69, 9.17) is 14.2 Å². The Morgan fingerprint density at radius 3 is 2.42 bits per heavy atom. The molecule has 1 N–H and O–H groups in total. The molecule has 0 aliphatic carbocycles. The highest BCUT2D eigenvalue weighted by Gasteiger charge is 2.08. The number of ether oxygens (including phenoxy) is 3. The molecule has 24 heavy (non-hydrogen) atoms. The van der Waals surface area contributed by atoms with E-state index in [9.17, 15) is 4.79 Å². The second-order valence-electron chi connectivity index (χ2n) is 5.35. The Hall–Kier alpha value is -2.69. The van der Waals surface area contributed by atoms with Crippen LogP contribution in [-0.2, 0) is 4.79 Å². The smallest absolute Gasteiger partial charge is 0.224 e. The van der Waals surface area contributed by atoms with Gasteiger partial charge in [0.05, 0.1) is 26.5 Å². The fourth-order valence-electron chi connectivity index (χ4n) is 2.29. The van der Waals surface area contributed by atoms with Crippen molar-refractivity contribution in [3.63, 3.8) is 0 Å². The number of hydrogen-bond acceptors (Lipinski definition) is 4. The predicted molar refractivity (Wildman–Crippen MR) is 94.1 cm³/mol. The Labute approximate surface area is 142 Å². The molecule has 0 saturated heterocycles. The van der Waals surface area contributed by atoms with Gasteiger partial charge in [0.1, 0.15) is 5.75 Å². The minimum atomic E-state index is -0.0671. The van der Waals surface area contributed by atoms with E-state index in [1.807, 2.05) is 49.4 Å². The molecular formula is C19H23NO4. The predicted octanol–water partition coefficient (Wildman–Crippen LogP) is 3.81. The van der Waals surface area contributed by atoms with Gasteiger partial charge in [-0.05, 0) is 43.2 Å². The van der Waals surface area contributed by atoms with Crippen molar-refractivity contribution >= 4 is 11.6 Å². The highest BCUT2D eigenvalue weighted by Crippen LogP contribution is 2.26. The third kappa shape index (κ3) is 4.91. The standard InChI is InChI=1S/C19H23NO4/c1-14-10-11-16(22-2)15(13-14)20-19(21)9-6-12-24-18-8-5-4-7-17(18)23-3/h4-5,7-8,10-11,13H,6,9,12H2,1-3H3,(H,20,21). The van der Waals surface area contributed by atoms with Crippen LogP contribution in [0.15, 0.2) is 42.5 Å². The Bertz CT molecular complexity index is 685. The molecule has 0 bridgehead atoms. The average Bonchev–Trinajstić information content (AvgIpc) is 2.59. The third-order valence-corrected chi connectivity index (χ3v) is 3.50. The first-order valence-electron chi connectivity index (χ1n) is 7.84. The van der Waals surface area contributed by atoms with Gasteiger partial charge in [-0.25, -0.2) is 0 Å². The fraction of sp³-hybridized carbons (Fsp3) is 0.316. The van der Waals surface area contributed by atoms with Gasteiger partial charge in [-0.2, -0.15) is 0 Å². The van der Waals surface area contributed by atoms with Crippen molar-refractivity contribution < 1.29 is 19.0 Å². The normalized spacial score (nSPS) is 10.1. The molecule has 5 nitrogen and oxygen atoms in total. The molecule has 0 unspecified atom stereocenters. The number of rotatable bonds is 8. The van der Waals surface area contributed by atoms with E-state index in [1.165, 1.54) is 0 Å². The summed E-state index contributed by atoms with van der Waals surface area (Å²) in [6.07, 6.45) is 0.976. The summed E-state index contributed by atoms with van der Waals surface area (Å²) in [7, 11) is 3.19. The minimum absolute atomic E-state index is 0.0671. The Kier molecular flexibility index (Phi) is 6.49. The number of benzene rings is 2. The number of amides is 1. The summed E-state index contributed by atoms with van der Waals surface area (Å²) in [5.41, 5.74) is 1.75. The number of anilines is 1. The first kappa shape index (κ1) is 17.7. The number of carbonyl (C=O) groups excluding carboxylic acids is 1. The quantitative estimate of drug-likeness (QED) is 0.748. The van der Waals surface area contributed by atoms with Crippen LogP contribution in [0.3, 0.4) is 0 Å². The van der Waals surface area contributed by atoms with Crippen LogP contribution in [0.5, 0.6) is 17.2 Å². The van der Waals surface area contributed by atoms with Gasteiger partial charge in [-0.3, -0.25) is 4.79 Å². The van der Waals surface area contributed by atoms with Gasteiger partial charge in [-0.15, -0.1) is 0 Å². The van der Waals surface area contributed by atoms with Gasteiger partial charge in [0.2, 0.25) is 5.91 Å². The van der Waals surface area contributed by atoms with Crippen molar-refractivity contribution in [3.8, 4) is 17.2 Å². The molecule has 2 rings (SSSR count). The van der Waals surface area contributed by atoms with Crippen LogP contribution in [0.1, 0.15) is 18.4 Å². The van der Waals surface area contributed by atoms with E-state index in [-0.39, 0.29) is 5.91 Å². The average molecular weight is 329 g/mol. The summed E-state index contributed by atoms with van der Waals surface area (Å²) in [6, 6.07) is 13.1. The second kappa shape index (κ2) is 8.82. The van der Waals surface area contributed by atoms with Gasteiger partial charge in [-0.1, -0.05) is 18.2 Å². The van der Waals surface area contributed by atoms with E-state index >= 15 is 0 Å². The SMILES string of the molecule is COc1ccc(C)cc1NC(=O)CCCOc1ccccc1OC. The molecule has 128 valence electrons. The maximum absolute atomic E-state index is 12.1. The fourth-order valence-corrected chi connectivity index (χ4v) is 2.29. The minimum Gasteiger partial charge on any atom is -0.495 e. The third-order valence-electron chi connectivity index (χ3n) is 3.50. The molecule has 0 heterocycles. The molecule has 0 atom stereocenters. The molecule has 5 heteroatoms. The zero-order valence-electron chi connectivity index (χ0n) is 14.3. The first-order valence-corrected chi connectivity index (χ1v) is 7.84. The Balaban J connectivity index is 1.81. The van der Waals surface area contributed by atoms with Crippen LogP contribution >= 0.6 is 0 Å². The Morgan fingerprint density at radius 1 is 1.00 bits per heavy atom. The van der Waals surface area contributed by atoms with Crippen LogP contribution in [-0.4, -0.2) is 26.7 Å². The summed E-state index contributed by atoms with van der Waals surface area (Å²) in [4.78, 5) is 12.1. The van der Waals surface area contributed by atoms with Crippen LogP contribution in [0, 0.1) is 6.92 Å². The van der Waals surface area contributed by atoms with Gasteiger partial charge < -0.3 is 19.5 Å². The summed E-state index contributed by atoms with van der Waals surface area (Å²) in [5, 5.41) is 2.88. The van der Waals surface area contributed by atoms with Crippen molar-refractivity contribution in [2.75, 3.05) is 26.1 Å². The van der Waals surface area contributed by atoms with E-state index in [0.29, 0.717) is 42.4 Å². The summed E-state index contributed by atoms with van der Waals surface area (Å²) in [6.45, 7) is 2.41. The summed E-state index contributed by atoms with van der Waals surface area (Å²) >= 11 is 0. The topological polar surface area (TPSA) is 56.8 Å². The van der Waals surface area contributed by atoms with Crippen LogP contribution in [0.2, 0.25) is 0 Å². The maximum atomic E-state index is 12.1. The number of hydrogen-bond donors (Lipinski definition) is 1. The molecule has 2 aromatic rings. The summed E-state index contributed by atoms with van der Waals surface area (Å²) < 4.78 is 16.1. The highest BCUT2D eigenvalue weighted by atomic mass is 16.5. The number of aryl methyl sites for hydroxylation is 1. The lowest BCUT2D eigenvalue weighted by Crippen LogP contribution is -2.13. The van der Waals surface area contributed by atoms with Gasteiger partial charge in [0.15, 0.2) is 11.5 Å². The number of nitrogens with one attached hydrogen (secondary N) is 1. The van der Waals surface area contributed by atoms with Crippen molar-refractivity contribution in [1.82, 2.24) is 0 Å². The highest BCUT2D eigenvalue weighted by molar-refractivity contribution is 5.92.